The highest BCUT2D eigenvalue weighted by Crippen LogP contribution is 2.37. The van der Waals surface area contributed by atoms with E-state index in [0.717, 1.165) is 17.8 Å². The molecule has 0 aliphatic heterocycles. The maximum absolute atomic E-state index is 12.8. The molecule has 0 spiro atoms. The zero-order chi connectivity index (χ0) is 15.0. The van der Waals surface area contributed by atoms with Gasteiger partial charge in [0.2, 0.25) is 0 Å². The van der Waals surface area contributed by atoms with Crippen molar-refractivity contribution in [2.45, 2.75) is 16.2 Å². The number of aromatic nitrogens is 3. The van der Waals surface area contributed by atoms with Crippen LogP contribution in [-0.4, -0.2) is 14.6 Å². The second-order valence-corrected chi connectivity index (χ2v) is 5.30. The van der Waals surface area contributed by atoms with Crippen molar-refractivity contribution < 1.29 is 13.2 Å². The minimum absolute atomic E-state index is 0.294. The quantitative estimate of drug-likeness (QED) is 0.736. The number of fused-ring (bicyclic) bond motifs is 1. The number of pyridine rings is 1. The van der Waals surface area contributed by atoms with Crippen molar-refractivity contribution in [1.29, 1.82) is 0 Å². The lowest BCUT2D eigenvalue weighted by Crippen LogP contribution is -2.08. The first-order valence-corrected chi connectivity index (χ1v) is 6.71. The fourth-order valence-electron chi connectivity index (χ4n) is 1.84. The van der Waals surface area contributed by atoms with Crippen LogP contribution in [0.25, 0.3) is 5.65 Å². The summed E-state index contributed by atoms with van der Waals surface area (Å²) >= 11 is 1.10. The van der Waals surface area contributed by atoms with Crippen LogP contribution in [0, 0.1) is 0 Å². The van der Waals surface area contributed by atoms with Crippen molar-refractivity contribution in [3.63, 3.8) is 0 Å². The van der Waals surface area contributed by atoms with E-state index in [-0.39, 0.29) is 5.69 Å². The molecule has 3 rings (SSSR count). The molecular formula is C13H9F3N4S. The van der Waals surface area contributed by atoms with Crippen molar-refractivity contribution in [1.82, 2.24) is 14.6 Å². The maximum atomic E-state index is 12.8. The summed E-state index contributed by atoms with van der Waals surface area (Å²) in [5.74, 6) is 0. The van der Waals surface area contributed by atoms with E-state index in [1.54, 1.807) is 22.7 Å². The van der Waals surface area contributed by atoms with Gasteiger partial charge in [0.25, 0.3) is 0 Å². The molecule has 21 heavy (non-hydrogen) atoms. The number of hydrogen-bond donors (Lipinski definition) is 1. The average Bonchev–Trinajstić information content (AvgIpc) is 2.83. The minimum Gasteiger partial charge on any atom is -0.398 e. The number of nitrogen functional groups attached to an aromatic ring is 1. The van der Waals surface area contributed by atoms with E-state index in [9.17, 15) is 13.2 Å². The lowest BCUT2D eigenvalue weighted by molar-refractivity contribution is -0.137. The normalized spacial score (nSPS) is 12.0. The number of nitrogens with zero attached hydrogens (tertiary/aromatic N) is 3. The molecular weight excluding hydrogens is 301 g/mol. The molecule has 2 N–H and O–H groups in total. The molecule has 0 atom stereocenters. The van der Waals surface area contributed by atoms with Gasteiger partial charge in [-0.15, -0.1) is 10.2 Å². The van der Waals surface area contributed by atoms with Crippen LogP contribution in [0.4, 0.5) is 18.9 Å². The molecule has 2 heterocycles. The van der Waals surface area contributed by atoms with Gasteiger partial charge in [-0.05, 0) is 42.1 Å². The third kappa shape index (κ3) is 2.66. The van der Waals surface area contributed by atoms with Gasteiger partial charge in [-0.2, -0.15) is 13.2 Å². The van der Waals surface area contributed by atoms with E-state index in [4.69, 9.17) is 5.73 Å². The highest BCUT2D eigenvalue weighted by atomic mass is 32.2. The Balaban J connectivity index is 1.99. The molecule has 1 aromatic carbocycles. The van der Waals surface area contributed by atoms with Gasteiger partial charge >= 0.3 is 6.18 Å². The van der Waals surface area contributed by atoms with Gasteiger partial charge in [0.05, 0.1) is 5.56 Å². The Morgan fingerprint density at radius 3 is 2.67 bits per heavy atom. The Hall–Kier alpha value is -2.22. The van der Waals surface area contributed by atoms with E-state index < -0.39 is 11.7 Å². The first kappa shape index (κ1) is 13.7. The predicted octanol–water partition coefficient (Wildman–Crippen LogP) is 3.48. The Bertz CT molecular complexity index is 797. The number of halogens is 3. The minimum atomic E-state index is -4.48. The van der Waals surface area contributed by atoms with Crippen LogP contribution >= 0.6 is 11.8 Å². The number of benzene rings is 1. The van der Waals surface area contributed by atoms with Crippen LogP contribution in [0.3, 0.4) is 0 Å². The molecule has 8 heteroatoms. The molecule has 3 aromatic rings. The third-order valence-corrected chi connectivity index (χ3v) is 3.77. The number of anilines is 1. The molecule has 0 saturated heterocycles. The van der Waals surface area contributed by atoms with Crippen LogP contribution in [0.2, 0.25) is 0 Å². The summed E-state index contributed by atoms with van der Waals surface area (Å²) in [6, 6.07) is 9.16. The SMILES string of the molecule is Nc1ccc(Sc2nnc3ccccn23)cc1C(F)(F)F. The van der Waals surface area contributed by atoms with Gasteiger partial charge in [0.1, 0.15) is 0 Å². The van der Waals surface area contributed by atoms with Crippen LogP contribution in [0.15, 0.2) is 52.6 Å². The first-order valence-electron chi connectivity index (χ1n) is 5.89. The lowest BCUT2D eigenvalue weighted by atomic mass is 10.2. The van der Waals surface area contributed by atoms with Crippen LogP contribution in [0.5, 0.6) is 0 Å². The highest BCUT2D eigenvalue weighted by molar-refractivity contribution is 7.99. The molecule has 0 aliphatic rings. The van der Waals surface area contributed by atoms with Crippen LogP contribution < -0.4 is 5.73 Å². The fraction of sp³-hybridized carbons (Fsp3) is 0.0769. The first-order chi connectivity index (χ1) is 9.95. The van der Waals surface area contributed by atoms with E-state index in [1.807, 2.05) is 6.07 Å². The molecule has 0 aliphatic carbocycles. The third-order valence-electron chi connectivity index (χ3n) is 2.82. The van der Waals surface area contributed by atoms with Crippen molar-refractivity contribution in [2.75, 3.05) is 5.73 Å². The molecule has 0 fully saturated rings. The van der Waals surface area contributed by atoms with Gasteiger partial charge in [-0.1, -0.05) is 6.07 Å². The van der Waals surface area contributed by atoms with Gasteiger partial charge < -0.3 is 5.73 Å². The summed E-state index contributed by atoms with van der Waals surface area (Å²) in [6.45, 7) is 0. The Labute approximate surface area is 121 Å². The van der Waals surface area contributed by atoms with Gasteiger partial charge in [0.15, 0.2) is 10.8 Å². The molecule has 2 aromatic heterocycles. The predicted molar refractivity (Wildman–Crippen MR) is 73.0 cm³/mol. The zero-order valence-corrected chi connectivity index (χ0v) is 11.3. The number of hydrogen-bond acceptors (Lipinski definition) is 4. The second-order valence-electron chi connectivity index (χ2n) is 4.26. The van der Waals surface area contributed by atoms with E-state index >= 15 is 0 Å². The largest absolute Gasteiger partial charge is 0.418 e. The highest BCUT2D eigenvalue weighted by Gasteiger charge is 2.33. The molecule has 0 saturated carbocycles. The topological polar surface area (TPSA) is 56.2 Å². The second kappa shape index (κ2) is 4.96. The Morgan fingerprint density at radius 2 is 1.90 bits per heavy atom. The number of rotatable bonds is 2. The summed E-state index contributed by atoms with van der Waals surface area (Å²) in [5.41, 5.74) is 4.87. The van der Waals surface area contributed by atoms with Crippen molar-refractivity contribution in [2.24, 2.45) is 0 Å². The number of alkyl halides is 3. The summed E-state index contributed by atoms with van der Waals surface area (Å²) in [6.07, 6.45) is -2.73. The average molecular weight is 310 g/mol. The molecule has 0 unspecified atom stereocenters. The Kier molecular flexibility index (Phi) is 3.25. The summed E-state index contributed by atoms with van der Waals surface area (Å²) in [4.78, 5) is 0.398. The molecule has 108 valence electrons. The van der Waals surface area contributed by atoms with E-state index in [1.165, 1.54) is 12.1 Å². The maximum Gasteiger partial charge on any atom is 0.418 e. The van der Waals surface area contributed by atoms with Gasteiger partial charge in [-0.25, -0.2) is 0 Å². The summed E-state index contributed by atoms with van der Waals surface area (Å²) < 4.78 is 40.2. The monoisotopic (exact) mass is 310 g/mol. The number of nitrogens with two attached hydrogens (primary N) is 1. The van der Waals surface area contributed by atoms with Gasteiger partial charge in [-0.3, -0.25) is 4.40 Å². The summed E-state index contributed by atoms with van der Waals surface area (Å²) in [7, 11) is 0. The lowest BCUT2D eigenvalue weighted by Gasteiger charge is -2.11. The van der Waals surface area contributed by atoms with Gasteiger partial charge in [0, 0.05) is 16.8 Å². The van der Waals surface area contributed by atoms with Crippen molar-refractivity contribution in [3.05, 3.63) is 48.2 Å². The Morgan fingerprint density at radius 1 is 1.10 bits per heavy atom. The van der Waals surface area contributed by atoms with Crippen molar-refractivity contribution in [3.8, 4) is 0 Å². The van der Waals surface area contributed by atoms with E-state index in [2.05, 4.69) is 10.2 Å². The smallest absolute Gasteiger partial charge is 0.398 e. The standard InChI is InChI=1S/C13H9F3N4S/c14-13(15,16)9-7-8(4-5-10(9)17)21-12-19-18-11-3-1-2-6-20(11)12/h1-7H,17H2. The van der Waals surface area contributed by atoms with Crippen molar-refractivity contribution >= 4 is 23.1 Å². The summed E-state index contributed by atoms with van der Waals surface area (Å²) in [5, 5.41) is 8.41. The van der Waals surface area contributed by atoms with E-state index in [0.29, 0.717) is 15.7 Å². The molecule has 0 radical (unpaired) electrons. The zero-order valence-electron chi connectivity index (χ0n) is 10.5. The fourth-order valence-corrected chi connectivity index (χ4v) is 2.70. The molecule has 0 amide bonds. The van der Waals surface area contributed by atoms with Crippen LogP contribution in [0.1, 0.15) is 5.56 Å². The molecule has 4 nitrogen and oxygen atoms in total. The molecule has 0 bridgehead atoms. The van der Waals surface area contributed by atoms with Crippen LogP contribution in [-0.2, 0) is 6.18 Å².